The molecule has 1 N–H and O–H groups in total. The largest absolute Gasteiger partial charge is 0.465 e. The first-order valence-electron chi connectivity index (χ1n) is 14.7. The number of aromatic nitrogens is 3. The lowest BCUT2D eigenvalue weighted by Gasteiger charge is -2.40. The fourth-order valence-corrected chi connectivity index (χ4v) is 7.20. The highest BCUT2D eigenvalue weighted by molar-refractivity contribution is 5.98. The second-order valence-corrected chi connectivity index (χ2v) is 12.1. The van der Waals surface area contributed by atoms with Crippen LogP contribution < -0.4 is 0 Å². The average Bonchev–Trinajstić information content (AvgIpc) is 3.67. The van der Waals surface area contributed by atoms with Gasteiger partial charge < -0.3 is 24.4 Å². The molecule has 2 aromatic rings. The van der Waals surface area contributed by atoms with E-state index in [2.05, 4.69) is 23.5 Å². The van der Waals surface area contributed by atoms with Crippen molar-refractivity contribution in [2.45, 2.75) is 76.4 Å². The second-order valence-electron chi connectivity index (χ2n) is 12.1. The lowest BCUT2D eigenvalue weighted by atomic mass is 9.66. The summed E-state index contributed by atoms with van der Waals surface area (Å²) in [5.41, 5.74) is -0.728. The second kappa shape index (κ2) is 11.6. The molecule has 42 heavy (non-hydrogen) atoms. The van der Waals surface area contributed by atoms with E-state index in [1.807, 2.05) is 45.0 Å². The summed E-state index contributed by atoms with van der Waals surface area (Å²) >= 11 is 0. The van der Waals surface area contributed by atoms with E-state index in [0.717, 1.165) is 5.52 Å². The number of likely N-dealkylation sites (tertiary alicyclic amines) is 1. The van der Waals surface area contributed by atoms with E-state index in [1.54, 1.807) is 21.7 Å². The van der Waals surface area contributed by atoms with Gasteiger partial charge in [-0.2, -0.15) is 0 Å². The Balaban J connectivity index is 1.54. The van der Waals surface area contributed by atoms with Crippen molar-refractivity contribution in [2.24, 2.45) is 17.8 Å². The number of rotatable bonds is 13. The molecule has 3 aliphatic rings. The number of hydrogen-bond donors (Lipinski definition) is 1. The number of fused-ring (bicyclic) bond motifs is 2. The molecule has 3 saturated heterocycles. The monoisotopic (exact) mass is 579 g/mol. The zero-order chi connectivity index (χ0) is 30.2. The van der Waals surface area contributed by atoms with Crippen LogP contribution in [0.4, 0.5) is 0 Å². The van der Waals surface area contributed by atoms with E-state index < -0.39 is 41.1 Å². The molecule has 1 aromatic carbocycles. The molecule has 1 spiro atoms. The topological polar surface area (TPSA) is 127 Å². The first-order chi connectivity index (χ1) is 20.1. The van der Waals surface area contributed by atoms with Gasteiger partial charge in [-0.05, 0) is 50.7 Å². The number of benzene rings is 1. The van der Waals surface area contributed by atoms with Crippen LogP contribution in [0, 0.1) is 17.8 Å². The molecule has 0 saturated carbocycles. The Bertz CT molecular complexity index is 1370. The first kappa shape index (κ1) is 29.9. The average molecular weight is 580 g/mol. The maximum absolute atomic E-state index is 14.7. The number of carbonyl (C=O) groups is 3. The summed E-state index contributed by atoms with van der Waals surface area (Å²) in [6.45, 7) is 13.3. The number of allylic oxidation sites excluding steroid dienone is 1. The minimum atomic E-state index is -1.24. The number of carbonyl (C=O) groups excluding carboxylic acids is 3. The van der Waals surface area contributed by atoms with Gasteiger partial charge in [-0.25, -0.2) is 4.68 Å². The Hall–Kier alpha value is -3.57. The van der Waals surface area contributed by atoms with Crippen LogP contribution in [-0.4, -0.2) is 90.7 Å². The summed E-state index contributed by atoms with van der Waals surface area (Å²) in [6, 6.07) is 5.76. The van der Waals surface area contributed by atoms with Gasteiger partial charge in [0.15, 0.2) is 0 Å². The molecule has 2 amide bonds. The van der Waals surface area contributed by atoms with E-state index in [4.69, 9.17) is 9.47 Å². The van der Waals surface area contributed by atoms with Crippen molar-refractivity contribution in [3.05, 3.63) is 49.6 Å². The van der Waals surface area contributed by atoms with E-state index in [0.29, 0.717) is 31.2 Å². The van der Waals surface area contributed by atoms with Crippen molar-refractivity contribution in [1.29, 1.82) is 0 Å². The van der Waals surface area contributed by atoms with Gasteiger partial charge in [-0.3, -0.25) is 14.4 Å². The maximum atomic E-state index is 14.7. The lowest BCUT2D eigenvalue weighted by molar-refractivity contribution is -0.163. The highest BCUT2D eigenvalue weighted by atomic mass is 16.6. The maximum Gasteiger partial charge on any atom is 0.312 e. The SMILES string of the molecule is C=CCCCOC(=O)[C@H]1[C@H]2C(=O)N([C@@H](CO)C(C)C)C(C(=O)N(CC=C)Cn3nnc4ccccc43)C23CC[C@]1(C)O3. The van der Waals surface area contributed by atoms with Crippen LogP contribution in [-0.2, 0) is 30.5 Å². The Morgan fingerprint density at radius 2 is 2.02 bits per heavy atom. The molecule has 226 valence electrons. The van der Waals surface area contributed by atoms with E-state index in [1.165, 1.54) is 4.90 Å². The van der Waals surface area contributed by atoms with Crippen LogP contribution in [0.25, 0.3) is 11.0 Å². The molecular formula is C31H41N5O6. The molecule has 3 fully saturated rings. The Morgan fingerprint density at radius 1 is 1.26 bits per heavy atom. The summed E-state index contributed by atoms with van der Waals surface area (Å²) in [5.74, 6) is -3.12. The standard InChI is InChI=1S/C31H41N5O6/c1-6-8-11-17-41-29(40)25-24-27(38)36(23(18-37)20(3)4)26(31(24)15-14-30(25,5)42-31)28(39)34(16-7-2)19-35-22-13-10-9-12-21(22)32-33-35/h6-7,9-10,12-13,20,23-26,37H,1-2,8,11,14-19H2,3-5H3/t23-,24-,25+,26?,30-,31?/m0/s1. The predicted molar refractivity (Wildman–Crippen MR) is 155 cm³/mol. The van der Waals surface area contributed by atoms with Gasteiger partial charge in [0.2, 0.25) is 11.8 Å². The van der Waals surface area contributed by atoms with Crippen LogP contribution in [0.5, 0.6) is 0 Å². The predicted octanol–water partition coefficient (Wildman–Crippen LogP) is 2.69. The quantitative estimate of drug-likeness (QED) is 0.218. The highest BCUT2D eigenvalue weighted by Gasteiger charge is 2.79. The van der Waals surface area contributed by atoms with Crippen molar-refractivity contribution in [3.8, 4) is 0 Å². The van der Waals surface area contributed by atoms with Gasteiger partial charge in [-0.1, -0.05) is 43.3 Å². The highest BCUT2D eigenvalue weighted by Crippen LogP contribution is 2.64. The van der Waals surface area contributed by atoms with Crippen LogP contribution in [0.1, 0.15) is 46.5 Å². The third-order valence-corrected chi connectivity index (χ3v) is 9.20. The van der Waals surface area contributed by atoms with Crippen molar-refractivity contribution in [3.63, 3.8) is 0 Å². The van der Waals surface area contributed by atoms with Crippen molar-refractivity contribution < 1.29 is 29.0 Å². The normalized spacial score (nSPS) is 28.7. The van der Waals surface area contributed by atoms with Crippen LogP contribution in [0.3, 0.4) is 0 Å². The van der Waals surface area contributed by atoms with Crippen molar-refractivity contribution in [1.82, 2.24) is 24.8 Å². The molecule has 2 bridgehead atoms. The van der Waals surface area contributed by atoms with E-state index in [9.17, 15) is 19.5 Å². The summed E-state index contributed by atoms with van der Waals surface area (Å²) in [7, 11) is 0. The molecule has 2 unspecified atom stereocenters. The number of para-hydroxylation sites is 1. The summed E-state index contributed by atoms with van der Waals surface area (Å²) in [4.78, 5) is 45.7. The number of ether oxygens (including phenoxy) is 2. The molecule has 0 radical (unpaired) electrons. The van der Waals surface area contributed by atoms with Gasteiger partial charge in [0.05, 0.1) is 36.3 Å². The summed E-state index contributed by atoms with van der Waals surface area (Å²) < 4.78 is 14.0. The Morgan fingerprint density at radius 3 is 2.71 bits per heavy atom. The fraction of sp³-hybridized carbons (Fsp3) is 0.581. The van der Waals surface area contributed by atoms with Gasteiger partial charge in [0.1, 0.15) is 29.7 Å². The van der Waals surface area contributed by atoms with Crippen LogP contribution in [0.15, 0.2) is 49.6 Å². The number of nitrogens with zero attached hydrogens (tertiary/aromatic N) is 5. The molecule has 11 heteroatoms. The molecule has 11 nitrogen and oxygen atoms in total. The molecule has 5 rings (SSSR count). The fourth-order valence-electron chi connectivity index (χ4n) is 7.20. The zero-order valence-electron chi connectivity index (χ0n) is 24.6. The third kappa shape index (κ3) is 4.72. The van der Waals surface area contributed by atoms with Gasteiger partial charge in [0, 0.05) is 6.54 Å². The number of aliphatic hydroxyl groups excluding tert-OH is 1. The molecule has 1 aromatic heterocycles. The minimum Gasteiger partial charge on any atom is -0.465 e. The summed E-state index contributed by atoms with van der Waals surface area (Å²) in [5, 5.41) is 18.9. The van der Waals surface area contributed by atoms with Crippen LogP contribution in [0.2, 0.25) is 0 Å². The third-order valence-electron chi connectivity index (χ3n) is 9.20. The molecular weight excluding hydrogens is 538 g/mol. The summed E-state index contributed by atoms with van der Waals surface area (Å²) in [6.07, 6.45) is 5.65. The number of amides is 2. The molecule has 4 heterocycles. The number of aliphatic hydroxyl groups is 1. The van der Waals surface area contributed by atoms with E-state index in [-0.39, 0.29) is 44.2 Å². The molecule has 3 aliphatic heterocycles. The van der Waals surface area contributed by atoms with Gasteiger partial charge >= 0.3 is 5.97 Å². The Labute approximate surface area is 246 Å². The number of esters is 1. The minimum absolute atomic E-state index is 0.0716. The molecule has 0 aliphatic carbocycles. The van der Waals surface area contributed by atoms with Crippen molar-refractivity contribution >= 4 is 28.8 Å². The number of unbranched alkanes of at least 4 members (excludes halogenated alkanes) is 1. The van der Waals surface area contributed by atoms with E-state index >= 15 is 0 Å². The smallest absolute Gasteiger partial charge is 0.312 e. The Kier molecular flexibility index (Phi) is 8.26. The zero-order valence-corrected chi connectivity index (χ0v) is 24.6. The van der Waals surface area contributed by atoms with Gasteiger partial charge in [-0.15, -0.1) is 18.3 Å². The molecule has 6 atom stereocenters. The lowest BCUT2D eigenvalue weighted by Crippen LogP contribution is -2.59. The first-order valence-corrected chi connectivity index (χ1v) is 14.7. The van der Waals surface area contributed by atoms with Crippen molar-refractivity contribution in [2.75, 3.05) is 19.8 Å². The van der Waals surface area contributed by atoms with Crippen LogP contribution >= 0.6 is 0 Å². The number of hydrogen-bond acceptors (Lipinski definition) is 8. The van der Waals surface area contributed by atoms with Gasteiger partial charge in [0.25, 0.3) is 0 Å².